The van der Waals surface area contributed by atoms with E-state index in [2.05, 4.69) is 15.5 Å². The second-order valence-electron chi connectivity index (χ2n) is 7.49. The van der Waals surface area contributed by atoms with Gasteiger partial charge in [-0.15, -0.1) is 0 Å². The number of anilines is 1. The minimum absolute atomic E-state index is 0.00379. The van der Waals surface area contributed by atoms with Gasteiger partial charge in [-0.2, -0.15) is 13.2 Å². The number of halogens is 3. The Morgan fingerprint density at radius 3 is 2.62 bits per heavy atom. The molecular formula is C22H23F3N4O5. The molecule has 0 aliphatic rings. The number of amides is 2. The first-order valence-electron chi connectivity index (χ1n) is 10.4. The summed E-state index contributed by atoms with van der Waals surface area (Å²) in [4.78, 5) is 28.4. The standard InChI is InChI=1S/C22H23F3N4O5/c1-3-5-14-16(8-7-15-18(14)34-28-19(15)22(23,24)25)33-11-4-10-29(2)21(32)27-17-9-6-13(12-26-17)20(30)31/h6-9,12H,3-5,10-11H2,1-2H3,(H,30,31)(H,26,27,32). The van der Waals surface area contributed by atoms with E-state index >= 15 is 0 Å². The number of nitrogens with one attached hydrogen (secondary N) is 1. The number of rotatable bonds is 9. The number of carbonyl (C=O) groups excluding carboxylic acids is 1. The lowest BCUT2D eigenvalue weighted by atomic mass is 10.0. The molecule has 34 heavy (non-hydrogen) atoms. The van der Waals surface area contributed by atoms with Crippen molar-refractivity contribution in [2.24, 2.45) is 0 Å². The van der Waals surface area contributed by atoms with E-state index in [-0.39, 0.29) is 29.0 Å². The number of aromatic nitrogens is 2. The molecule has 9 nitrogen and oxygen atoms in total. The predicted octanol–water partition coefficient (Wildman–Crippen LogP) is 4.83. The van der Waals surface area contributed by atoms with Crippen molar-refractivity contribution in [3.8, 4) is 5.75 Å². The molecule has 2 heterocycles. The Balaban J connectivity index is 1.57. The molecule has 0 saturated heterocycles. The molecular weight excluding hydrogens is 457 g/mol. The SMILES string of the molecule is CCCc1c(OCCCN(C)C(=O)Nc2ccc(C(=O)O)cn2)ccc2c(C(F)(F)F)noc12. The number of benzene rings is 1. The van der Waals surface area contributed by atoms with Crippen molar-refractivity contribution < 1.29 is 37.1 Å². The van der Waals surface area contributed by atoms with Gasteiger partial charge >= 0.3 is 18.2 Å². The Morgan fingerprint density at radius 1 is 1.24 bits per heavy atom. The number of fused-ring (bicyclic) bond motifs is 1. The molecule has 1 aromatic carbocycles. The first kappa shape index (κ1) is 24.8. The molecule has 0 atom stereocenters. The fraction of sp³-hybridized carbons (Fsp3) is 0.364. The monoisotopic (exact) mass is 480 g/mol. The number of ether oxygens (including phenoxy) is 1. The van der Waals surface area contributed by atoms with Gasteiger partial charge < -0.3 is 19.3 Å². The number of aromatic carboxylic acids is 1. The number of carboxylic acids is 1. The van der Waals surface area contributed by atoms with Crippen LogP contribution in [0.15, 0.2) is 35.0 Å². The number of pyridine rings is 1. The molecule has 0 bridgehead atoms. The number of urea groups is 1. The van der Waals surface area contributed by atoms with Crippen LogP contribution < -0.4 is 10.1 Å². The topological polar surface area (TPSA) is 118 Å². The molecule has 2 N–H and O–H groups in total. The van der Waals surface area contributed by atoms with Crippen molar-refractivity contribution in [3.05, 3.63) is 47.3 Å². The Bertz CT molecular complexity index is 1160. The van der Waals surface area contributed by atoms with Gasteiger partial charge in [0.2, 0.25) is 0 Å². The number of alkyl halides is 3. The van der Waals surface area contributed by atoms with Gasteiger partial charge in [-0.25, -0.2) is 14.6 Å². The molecule has 0 saturated carbocycles. The van der Waals surface area contributed by atoms with E-state index in [0.29, 0.717) is 37.1 Å². The smallest absolute Gasteiger partial charge is 0.437 e. The molecule has 0 unspecified atom stereocenters. The maximum absolute atomic E-state index is 13.1. The summed E-state index contributed by atoms with van der Waals surface area (Å²) in [6.45, 7) is 2.43. The van der Waals surface area contributed by atoms with Crippen LogP contribution >= 0.6 is 0 Å². The third kappa shape index (κ3) is 5.74. The molecule has 2 amide bonds. The summed E-state index contributed by atoms with van der Waals surface area (Å²) in [5, 5.41) is 14.5. The fourth-order valence-corrected chi connectivity index (χ4v) is 3.25. The molecule has 0 fully saturated rings. The highest BCUT2D eigenvalue weighted by atomic mass is 19.4. The molecule has 0 aliphatic carbocycles. The summed E-state index contributed by atoms with van der Waals surface area (Å²) in [7, 11) is 1.57. The lowest BCUT2D eigenvalue weighted by molar-refractivity contribution is -0.141. The minimum atomic E-state index is -4.61. The third-order valence-electron chi connectivity index (χ3n) is 4.96. The summed E-state index contributed by atoms with van der Waals surface area (Å²) < 4.78 is 50.2. The predicted molar refractivity (Wildman–Crippen MR) is 116 cm³/mol. The lowest BCUT2D eigenvalue weighted by Crippen LogP contribution is -2.33. The summed E-state index contributed by atoms with van der Waals surface area (Å²) in [6.07, 6.45) is -1.90. The normalized spacial score (nSPS) is 11.4. The summed E-state index contributed by atoms with van der Waals surface area (Å²) in [6, 6.07) is 5.03. The van der Waals surface area contributed by atoms with Crippen LogP contribution in [0.3, 0.4) is 0 Å². The van der Waals surface area contributed by atoms with Crippen LogP contribution in [0, 0.1) is 0 Å². The van der Waals surface area contributed by atoms with Gasteiger partial charge in [0.05, 0.1) is 17.6 Å². The molecule has 0 spiro atoms. The Labute approximate surface area is 192 Å². The van der Waals surface area contributed by atoms with Crippen LogP contribution in [0.5, 0.6) is 5.75 Å². The van der Waals surface area contributed by atoms with E-state index < -0.39 is 23.9 Å². The zero-order valence-electron chi connectivity index (χ0n) is 18.5. The van der Waals surface area contributed by atoms with Crippen molar-refractivity contribution in [1.82, 2.24) is 15.0 Å². The van der Waals surface area contributed by atoms with Gasteiger partial charge in [-0.3, -0.25) is 5.32 Å². The summed E-state index contributed by atoms with van der Waals surface area (Å²) >= 11 is 0. The van der Waals surface area contributed by atoms with E-state index in [0.717, 1.165) is 6.20 Å². The van der Waals surface area contributed by atoms with E-state index in [1.165, 1.54) is 29.2 Å². The molecule has 182 valence electrons. The van der Waals surface area contributed by atoms with Crippen LogP contribution in [0.4, 0.5) is 23.8 Å². The van der Waals surface area contributed by atoms with Gasteiger partial charge in [0.1, 0.15) is 11.6 Å². The average molecular weight is 480 g/mol. The van der Waals surface area contributed by atoms with Crippen molar-refractivity contribution in [2.45, 2.75) is 32.4 Å². The molecule has 12 heteroatoms. The number of hydrogen-bond acceptors (Lipinski definition) is 6. The number of carbonyl (C=O) groups is 2. The van der Waals surface area contributed by atoms with Crippen molar-refractivity contribution in [1.29, 1.82) is 0 Å². The van der Waals surface area contributed by atoms with Crippen molar-refractivity contribution >= 4 is 28.8 Å². The zero-order chi connectivity index (χ0) is 24.9. The second kappa shape index (κ2) is 10.4. The van der Waals surface area contributed by atoms with E-state index in [1.807, 2.05) is 6.92 Å². The maximum atomic E-state index is 13.1. The van der Waals surface area contributed by atoms with Gasteiger partial charge in [0, 0.05) is 25.4 Å². The molecule has 0 radical (unpaired) electrons. The van der Waals surface area contributed by atoms with Gasteiger partial charge in [-0.1, -0.05) is 18.5 Å². The Morgan fingerprint density at radius 2 is 2.00 bits per heavy atom. The highest BCUT2D eigenvalue weighted by Gasteiger charge is 2.37. The molecule has 2 aromatic heterocycles. The largest absolute Gasteiger partial charge is 0.493 e. The number of carboxylic acid groups (broad SMARTS) is 1. The molecule has 0 aliphatic heterocycles. The highest BCUT2D eigenvalue weighted by molar-refractivity contribution is 5.90. The maximum Gasteiger partial charge on any atom is 0.437 e. The first-order valence-corrected chi connectivity index (χ1v) is 10.4. The van der Waals surface area contributed by atoms with Gasteiger partial charge in [-0.05, 0) is 37.1 Å². The summed E-state index contributed by atoms with van der Waals surface area (Å²) in [5.74, 6) is -0.497. The van der Waals surface area contributed by atoms with Crippen LogP contribution in [-0.4, -0.2) is 52.3 Å². The fourth-order valence-electron chi connectivity index (χ4n) is 3.25. The van der Waals surface area contributed by atoms with Gasteiger partial charge in [0.25, 0.3) is 0 Å². The number of hydrogen-bond donors (Lipinski definition) is 2. The number of aryl methyl sites for hydroxylation is 1. The Hall–Kier alpha value is -3.83. The molecule has 3 rings (SSSR count). The van der Waals surface area contributed by atoms with E-state index in [9.17, 15) is 22.8 Å². The van der Waals surface area contributed by atoms with E-state index in [1.54, 1.807) is 7.05 Å². The Kier molecular flexibility index (Phi) is 7.59. The minimum Gasteiger partial charge on any atom is -0.493 e. The number of nitrogens with zero attached hydrogens (tertiary/aromatic N) is 3. The van der Waals surface area contributed by atoms with Crippen LogP contribution in [-0.2, 0) is 12.6 Å². The second-order valence-corrected chi connectivity index (χ2v) is 7.49. The quantitative estimate of drug-likeness (QED) is 0.422. The highest BCUT2D eigenvalue weighted by Crippen LogP contribution is 2.38. The average Bonchev–Trinajstić information content (AvgIpc) is 3.23. The molecule has 3 aromatic rings. The van der Waals surface area contributed by atoms with E-state index in [4.69, 9.17) is 14.4 Å². The summed E-state index contributed by atoms with van der Waals surface area (Å²) in [5.41, 5.74) is -0.482. The van der Waals surface area contributed by atoms with Crippen LogP contribution in [0.25, 0.3) is 11.0 Å². The first-order chi connectivity index (χ1) is 16.1. The van der Waals surface area contributed by atoms with Crippen LogP contribution in [0.1, 0.15) is 41.4 Å². The van der Waals surface area contributed by atoms with Crippen LogP contribution in [0.2, 0.25) is 0 Å². The van der Waals surface area contributed by atoms with Gasteiger partial charge in [0.15, 0.2) is 11.3 Å². The third-order valence-corrected chi connectivity index (χ3v) is 4.96. The van der Waals surface area contributed by atoms with Crippen molar-refractivity contribution in [3.63, 3.8) is 0 Å². The lowest BCUT2D eigenvalue weighted by Gasteiger charge is -2.18. The van der Waals surface area contributed by atoms with Crippen molar-refractivity contribution in [2.75, 3.05) is 25.5 Å². The zero-order valence-corrected chi connectivity index (χ0v) is 18.5.